The first kappa shape index (κ1) is 11.2. The summed E-state index contributed by atoms with van der Waals surface area (Å²) in [5.41, 5.74) is 6.59. The molecule has 0 radical (unpaired) electrons. The molecule has 0 aliphatic carbocycles. The highest BCUT2D eigenvalue weighted by molar-refractivity contribution is 5.72. The van der Waals surface area contributed by atoms with Crippen molar-refractivity contribution in [1.82, 2.24) is 0 Å². The van der Waals surface area contributed by atoms with E-state index < -0.39 is 0 Å². The fourth-order valence-electron chi connectivity index (χ4n) is 0.539. The number of nitrogens with zero attached hydrogens (tertiary/aromatic N) is 1. The minimum atomic E-state index is -0.00619. The van der Waals surface area contributed by atoms with Gasteiger partial charge in [-0.3, -0.25) is 4.99 Å². The molecule has 12 heavy (non-hydrogen) atoms. The molecule has 0 aromatic carbocycles. The van der Waals surface area contributed by atoms with E-state index in [0.29, 0.717) is 5.92 Å². The Kier molecular flexibility index (Phi) is 4.01. The van der Waals surface area contributed by atoms with Crippen molar-refractivity contribution in [2.45, 2.75) is 40.2 Å². The molecule has 0 aromatic rings. The normalized spacial score (nSPS) is 14.7. The van der Waals surface area contributed by atoms with Crippen molar-refractivity contribution in [3.8, 4) is 0 Å². The number of hydrogen-bond acceptors (Lipinski definition) is 2. The van der Waals surface area contributed by atoms with Crippen LogP contribution in [0.15, 0.2) is 16.8 Å². The summed E-state index contributed by atoms with van der Waals surface area (Å²) in [7, 11) is 0. The first-order chi connectivity index (χ1) is 5.33. The van der Waals surface area contributed by atoms with E-state index in [2.05, 4.69) is 39.6 Å². The van der Waals surface area contributed by atoms with Gasteiger partial charge in [0.25, 0.3) is 0 Å². The lowest BCUT2D eigenvalue weighted by atomic mass is 10.1. The molecule has 0 atom stereocenters. The van der Waals surface area contributed by atoms with E-state index in [1.54, 1.807) is 6.21 Å². The van der Waals surface area contributed by atoms with Gasteiger partial charge in [0.05, 0.1) is 5.54 Å². The average molecular weight is 168 g/mol. The van der Waals surface area contributed by atoms with E-state index in [-0.39, 0.29) is 5.54 Å². The molecule has 0 aromatic heterocycles. The molecule has 0 spiro atoms. The number of nitrogens with two attached hydrogens (primary N) is 1. The Morgan fingerprint density at radius 3 is 2.17 bits per heavy atom. The van der Waals surface area contributed by atoms with Crippen molar-refractivity contribution in [1.29, 1.82) is 0 Å². The molecule has 2 nitrogen and oxygen atoms in total. The van der Waals surface area contributed by atoms with E-state index in [1.807, 2.05) is 6.08 Å². The molecule has 2 heteroatoms. The maximum atomic E-state index is 5.72. The van der Waals surface area contributed by atoms with Crippen LogP contribution in [0, 0.1) is 5.92 Å². The summed E-state index contributed by atoms with van der Waals surface area (Å²) in [6, 6.07) is 0. The molecule has 0 amide bonds. The number of rotatable bonds is 2. The second-order valence-electron chi connectivity index (χ2n) is 4.27. The van der Waals surface area contributed by atoms with Crippen LogP contribution in [-0.4, -0.2) is 11.8 Å². The lowest BCUT2D eigenvalue weighted by Crippen LogP contribution is -2.10. The van der Waals surface area contributed by atoms with Gasteiger partial charge in [-0.1, -0.05) is 13.8 Å². The van der Waals surface area contributed by atoms with Crippen LogP contribution in [0.25, 0.3) is 0 Å². The topological polar surface area (TPSA) is 38.4 Å². The van der Waals surface area contributed by atoms with Crippen LogP contribution >= 0.6 is 0 Å². The Bertz CT molecular complexity index is 183. The van der Waals surface area contributed by atoms with Crippen LogP contribution < -0.4 is 5.73 Å². The standard InChI is InChI=1S/C10H20N2/c1-8(2)9(11)6-7-12-10(3,4)5/h6-8H,11H2,1-5H3. The SMILES string of the molecule is CC(C)C(N)=CC=NC(C)(C)C. The fraction of sp³-hybridized carbons (Fsp3) is 0.700. The maximum Gasteiger partial charge on any atom is 0.0524 e. The lowest BCUT2D eigenvalue weighted by molar-refractivity contribution is 0.587. The molecule has 2 N–H and O–H groups in total. The van der Waals surface area contributed by atoms with Crippen molar-refractivity contribution in [2.75, 3.05) is 0 Å². The smallest absolute Gasteiger partial charge is 0.0524 e. The third-order valence-electron chi connectivity index (χ3n) is 1.40. The van der Waals surface area contributed by atoms with Crippen molar-refractivity contribution in [3.63, 3.8) is 0 Å². The average Bonchev–Trinajstić information content (AvgIpc) is 1.84. The van der Waals surface area contributed by atoms with Gasteiger partial charge in [-0.15, -0.1) is 0 Å². The van der Waals surface area contributed by atoms with Gasteiger partial charge < -0.3 is 5.73 Å². The summed E-state index contributed by atoms with van der Waals surface area (Å²) in [5, 5.41) is 0. The zero-order chi connectivity index (χ0) is 9.78. The minimum Gasteiger partial charge on any atom is -0.402 e. The van der Waals surface area contributed by atoms with E-state index in [9.17, 15) is 0 Å². The summed E-state index contributed by atoms with van der Waals surface area (Å²) < 4.78 is 0. The van der Waals surface area contributed by atoms with Crippen molar-refractivity contribution in [2.24, 2.45) is 16.6 Å². The van der Waals surface area contributed by atoms with Crippen LogP contribution in [0.3, 0.4) is 0 Å². The summed E-state index contributed by atoms with van der Waals surface area (Å²) in [4.78, 5) is 4.30. The Morgan fingerprint density at radius 1 is 1.33 bits per heavy atom. The van der Waals surface area contributed by atoms with Crippen LogP contribution in [0.4, 0.5) is 0 Å². The summed E-state index contributed by atoms with van der Waals surface area (Å²) in [6.07, 6.45) is 3.66. The first-order valence-corrected chi connectivity index (χ1v) is 4.34. The highest BCUT2D eigenvalue weighted by Gasteiger charge is 2.03. The predicted molar refractivity (Wildman–Crippen MR) is 55.4 cm³/mol. The van der Waals surface area contributed by atoms with Gasteiger partial charge in [0.1, 0.15) is 0 Å². The molecule has 0 bridgehead atoms. The second-order valence-corrected chi connectivity index (χ2v) is 4.27. The summed E-state index contributed by atoms with van der Waals surface area (Å²) in [6.45, 7) is 10.3. The third-order valence-corrected chi connectivity index (χ3v) is 1.40. The molecule has 70 valence electrons. The van der Waals surface area contributed by atoms with Gasteiger partial charge in [-0.25, -0.2) is 0 Å². The molecule has 0 aliphatic rings. The lowest BCUT2D eigenvalue weighted by Gasteiger charge is -2.10. The Labute approximate surface area is 75.6 Å². The van der Waals surface area contributed by atoms with Crippen LogP contribution in [0.2, 0.25) is 0 Å². The minimum absolute atomic E-state index is 0.00619. The van der Waals surface area contributed by atoms with Crippen molar-refractivity contribution in [3.05, 3.63) is 11.8 Å². The van der Waals surface area contributed by atoms with Gasteiger partial charge in [0.15, 0.2) is 0 Å². The quantitative estimate of drug-likeness (QED) is 0.631. The summed E-state index contributed by atoms with van der Waals surface area (Å²) >= 11 is 0. The van der Waals surface area contributed by atoms with E-state index in [0.717, 1.165) is 5.70 Å². The zero-order valence-corrected chi connectivity index (χ0v) is 8.76. The monoisotopic (exact) mass is 168 g/mol. The molecule has 0 fully saturated rings. The predicted octanol–water partition coefficient (Wildman–Crippen LogP) is 2.35. The van der Waals surface area contributed by atoms with Gasteiger partial charge in [0.2, 0.25) is 0 Å². The zero-order valence-electron chi connectivity index (χ0n) is 8.76. The van der Waals surface area contributed by atoms with Gasteiger partial charge in [0, 0.05) is 11.9 Å². The highest BCUT2D eigenvalue weighted by atomic mass is 14.8. The molecule has 0 saturated heterocycles. The number of hydrogen-bond donors (Lipinski definition) is 1. The summed E-state index contributed by atoms with van der Waals surface area (Å²) in [5.74, 6) is 0.399. The molecule has 0 heterocycles. The third kappa shape index (κ3) is 5.96. The van der Waals surface area contributed by atoms with E-state index in [4.69, 9.17) is 5.73 Å². The molecule has 0 unspecified atom stereocenters. The highest BCUT2D eigenvalue weighted by Crippen LogP contribution is 2.05. The number of aliphatic imine (C=N–C) groups is 1. The first-order valence-electron chi connectivity index (χ1n) is 4.34. The van der Waals surface area contributed by atoms with Gasteiger partial charge in [-0.2, -0.15) is 0 Å². The van der Waals surface area contributed by atoms with E-state index >= 15 is 0 Å². The van der Waals surface area contributed by atoms with E-state index in [1.165, 1.54) is 0 Å². The molecule has 0 saturated carbocycles. The molecular weight excluding hydrogens is 148 g/mol. The number of allylic oxidation sites excluding steroid dienone is 2. The van der Waals surface area contributed by atoms with Crippen LogP contribution in [-0.2, 0) is 0 Å². The van der Waals surface area contributed by atoms with Crippen LogP contribution in [0.5, 0.6) is 0 Å². The Hall–Kier alpha value is -0.790. The van der Waals surface area contributed by atoms with Gasteiger partial charge in [-0.05, 0) is 32.8 Å². The van der Waals surface area contributed by atoms with Crippen molar-refractivity contribution < 1.29 is 0 Å². The fourth-order valence-corrected chi connectivity index (χ4v) is 0.539. The second kappa shape index (κ2) is 4.29. The van der Waals surface area contributed by atoms with Gasteiger partial charge >= 0.3 is 0 Å². The van der Waals surface area contributed by atoms with Crippen molar-refractivity contribution >= 4 is 6.21 Å². The molecule has 0 rings (SSSR count). The largest absolute Gasteiger partial charge is 0.402 e. The Balaban J connectivity index is 4.13. The maximum absolute atomic E-state index is 5.72. The molecule has 0 aliphatic heterocycles. The molecular formula is C10H20N2. The van der Waals surface area contributed by atoms with Crippen LogP contribution in [0.1, 0.15) is 34.6 Å². The Morgan fingerprint density at radius 2 is 1.83 bits per heavy atom.